The lowest BCUT2D eigenvalue weighted by Crippen LogP contribution is -2.36. The van der Waals surface area contributed by atoms with E-state index in [4.69, 9.17) is 4.74 Å². The monoisotopic (exact) mass is 496 g/mol. The highest BCUT2D eigenvalue weighted by molar-refractivity contribution is 6.10. The summed E-state index contributed by atoms with van der Waals surface area (Å²) in [5, 5.41) is 15.2. The Kier molecular flexibility index (Phi) is 7.00. The summed E-state index contributed by atoms with van der Waals surface area (Å²) in [6, 6.07) is 20.8. The Morgan fingerprint density at radius 3 is 1.81 bits per heavy atom. The van der Waals surface area contributed by atoms with Gasteiger partial charge in [0.1, 0.15) is 0 Å². The summed E-state index contributed by atoms with van der Waals surface area (Å²) in [5.41, 5.74) is 3.84. The topological polar surface area (TPSA) is 129 Å². The van der Waals surface area contributed by atoms with Gasteiger partial charge in [-0.3, -0.25) is 19.5 Å². The number of hydrogen-bond donors (Lipinski definition) is 3. The van der Waals surface area contributed by atoms with Crippen LogP contribution in [0.2, 0.25) is 0 Å². The fraction of sp³-hybridized carbons (Fsp3) is 0.148. The highest BCUT2D eigenvalue weighted by Gasteiger charge is 2.14. The van der Waals surface area contributed by atoms with Crippen LogP contribution in [0, 0.1) is 0 Å². The molecule has 0 unspecified atom stereocenters. The third-order valence-corrected chi connectivity index (χ3v) is 5.97. The first-order chi connectivity index (χ1) is 18.1. The van der Waals surface area contributed by atoms with Crippen LogP contribution in [0.1, 0.15) is 36.8 Å². The molecule has 0 atom stereocenters. The molecule has 0 radical (unpaired) electrons. The summed E-state index contributed by atoms with van der Waals surface area (Å²) < 4.78 is 5.38. The Labute approximate surface area is 212 Å². The van der Waals surface area contributed by atoms with Gasteiger partial charge >= 0.3 is 0 Å². The van der Waals surface area contributed by atoms with E-state index in [-0.39, 0.29) is 17.4 Å². The van der Waals surface area contributed by atoms with E-state index >= 15 is 0 Å². The molecule has 3 aromatic carbocycles. The zero-order chi connectivity index (χ0) is 25.6. The number of benzene rings is 3. The number of hydrogen-bond acceptors (Lipinski definition) is 7. The van der Waals surface area contributed by atoms with E-state index in [1.54, 1.807) is 60.7 Å². The van der Waals surface area contributed by atoms with Crippen LogP contribution in [0.5, 0.6) is 0 Å². The van der Waals surface area contributed by atoms with Gasteiger partial charge in [0.15, 0.2) is 11.5 Å². The number of ether oxygens (including phenoxy) is 1. The highest BCUT2D eigenvalue weighted by Crippen LogP contribution is 2.19. The first-order valence-electron chi connectivity index (χ1n) is 11.7. The number of morpholine rings is 1. The molecule has 0 spiro atoms. The largest absolute Gasteiger partial charge is 0.378 e. The summed E-state index contributed by atoms with van der Waals surface area (Å²) in [5.74, 6) is -0.805. The number of carbonyl (C=O) groups is 3. The van der Waals surface area contributed by atoms with Gasteiger partial charge in [-0.1, -0.05) is 5.21 Å². The van der Waals surface area contributed by atoms with Gasteiger partial charge in [-0.15, -0.1) is 5.10 Å². The number of nitrogens with one attached hydrogen (secondary N) is 3. The molecule has 37 heavy (non-hydrogen) atoms. The molecule has 4 aromatic rings. The van der Waals surface area contributed by atoms with Gasteiger partial charge in [0.25, 0.3) is 11.8 Å². The smallest absolute Gasteiger partial charge is 0.277 e. The van der Waals surface area contributed by atoms with Crippen LogP contribution >= 0.6 is 0 Å². The van der Waals surface area contributed by atoms with E-state index in [0.29, 0.717) is 41.3 Å². The Morgan fingerprint density at radius 1 is 0.730 bits per heavy atom. The number of ketones is 1. The van der Waals surface area contributed by atoms with Crippen LogP contribution in [0.3, 0.4) is 0 Å². The quantitative estimate of drug-likeness (QED) is 0.335. The third kappa shape index (κ3) is 5.71. The van der Waals surface area contributed by atoms with Gasteiger partial charge in [-0.05, 0) is 72.8 Å². The van der Waals surface area contributed by atoms with Crippen LogP contribution in [0.25, 0.3) is 0 Å². The molecule has 1 saturated heterocycles. The minimum Gasteiger partial charge on any atom is -0.378 e. The van der Waals surface area contributed by atoms with Crippen molar-refractivity contribution in [3.63, 3.8) is 0 Å². The molecule has 0 bridgehead atoms. The maximum Gasteiger partial charge on any atom is 0.277 e. The number of nitrogens with zero attached hydrogens (tertiary/aromatic N) is 3. The number of H-pyrrole nitrogens is 1. The molecule has 1 fully saturated rings. The number of anilines is 3. The Bertz CT molecular complexity index is 1380. The standard InChI is InChI=1S/C27H24N6O4/c34-25(19-3-9-22(10-4-19)30-27(36)24-17-28-32-31-24)18-1-7-21(8-2-18)29-26(35)20-5-11-23(12-6-20)33-13-15-37-16-14-33/h1-12,17H,13-16H2,(H,29,35)(H,30,36)(H,28,31,32). The van der Waals surface area contributed by atoms with E-state index in [9.17, 15) is 14.4 Å². The molecule has 3 N–H and O–H groups in total. The Hall–Kier alpha value is -4.83. The van der Waals surface area contributed by atoms with Crippen molar-refractivity contribution in [3.8, 4) is 0 Å². The minimum atomic E-state index is -0.404. The molecular weight excluding hydrogens is 472 g/mol. The minimum absolute atomic E-state index is 0.164. The van der Waals surface area contributed by atoms with Gasteiger partial charge in [-0.25, -0.2) is 0 Å². The summed E-state index contributed by atoms with van der Waals surface area (Å²) in [7, 11) is 0. The molecule has 10 heteroatoms. The van der Waals surface area contributed by atoms with Crippen molar-refractivity contribution in [2.45, 2.75) is 0 Å². The van der Waals surface area contributed by atoms with Crippen LogP contribution in [-0.4, -0.2) is 59.3 Å². The fourth-order valence-electron chi connectivity index (χ4n) is 3.93. The maximum absolute atomic E-state index is 12.9. The van der Waals surface area contributed by atoms with Crippen LogP contribution in [0.4, 0.5) is 17.1 Å². The van der Waals surface area contributed by atoms with Crippen molar-refractivity contribution >= 4 is 34.7 Å². The number of aromatic amines is 1. The Morgan fingerprint density at radius 2 is 1.27 bits per heavy atom. The van der Waals surface area contributed by atoms with Crippen molar-refractivity contribution in [3.05, 3.63) is 101 Å². The number of aromatic nitrogens is 3. The van der Waals surface area contributed by atoms with Gasteiger partial charge in [0, 0.05) is 46.8 Å². The second kappa shape index (κ2) is 10.8. The molecule has 2 heterocycles. The maximum atomic E-state index is 12.9. The molecule has 1 aliphatic rings. The number of carbonyl (C=O) groups excluding carboxylic acids is 3. The zero-order valence-corrected chi connectivity index (χ0v) is 19.8. The van der Waals surface area contributed by atoms with Gasteiger partial charge in [0.05, 0.1) is 19.4 Å². The summed E-state index contributed by atoms with van der Waals surface area (Å²) >= 11 is 0. The van der Waals surface area contributed by atoms with Crippen molar-refractivity contribution in [1.29, 1.82) is 0 Å². The third-order valence-electron chi connectivity index (χ3n) is 5.97. The molecular formula is C27H24N6O4. The average molecular weight is 497 g/mol. The molecule has 5 rings (SSSR count). The van der Waals surface area contributed by atoms with E-state index < -0.39 is 5.91 Å². The van der Waals surface area contributed by atoms with Crippen molar-refractivity contribution in [2.24, 2.45) is 0 Å². The summed E-state index contributed by atoms with van der Waals surface area (Å²) in [6.07, 6.45) is 1.39. The second-order valence-corrected chi connectivity index (χ2v) is 8.40. The fourth-order valence-corrected chi connectivity index (χ4v) is 3.93. The van der Waals surface area contributed by atoms with E-state index in [0.717, 1.165) is 18.8 Å². The van der Waals surface area contributed by atoms with E-state index in [1.165, 1.54) is 6.20 Å². The molecule has 1 aliphatic heterocycles. The molecule has 1 aromatic heterocycles. The molecule has 2 amide bonds. The number of rotatable bonds is 7. The Balaban J connectivity index is 1.18. The summed E-state index contributed by atoms with van der Waals surface area (Å²) in [6.45, 7) is 3.08. The van der Waals surface area contributed by atoms with Gasteiger partial charge < -0.3 is 20.3 Å². The van der Waals surface area contributed by atoms with Gasteiger partial charge in [-0.2, -0.15) is 0 Å². The molecule has 10 nitrogen and oxygen atoms in total. The van der Waals surface area contributed by atoms with Crippen LogP contribution in [0.15, 0.2) is 79.0 Å². The van der Waals surface area contributed by atoms with Gasteiger partial charge in [0.2, 0.25) is 0 Å². The second-order valence-electron chi connectivity index (χ2n) is 8.40. The molecule has 186 valence electrons. The van der Waals surface area contributed by atoms with Crippen LogP contribution < -0.4 is 15.5 Å². The van der Waals surface area contributed by atoms with Crippen molar-refractivity contribution in [2.75, 3.05) is 41.8 Å². The first kappa shape index (κ1) is 23.9. The highest BCUT2D eigenvalue weighted by atomic mass is 16.5. The van der Waals surface area contributed by atoms with Crippen molar-refractivity contribution in [1.82, 2.24) is 15.4 Å². The lowest BCUT2D eigenvalue weighted by atomic mass is 10.0. The van der Waals surface area contributed by atoms with Crippen molar-refractivity contribution < 1.29 is 19.1 Å². The summed E-state index contributed by atoms with van der Waals surface area (Å²) in [4.78, 5) is 39.8. The van der Waals surface area contributed by atoms with E-state index in [2.05, 4.69) is 30.9 Å². The molecule has 0 aliphatic carbocycles. The predicted molar refractivity (Wildman–Crippen MR) is 138 cm³/mol. The lowest BCUT2D eigenvalue weighted by molar-refractivity contribution is 0.101. The first-order valence-corrected chi connectivity index (χ1v) is 11.7. The van der Waals surface area contributed by atoms with E-state index in [1.807, 2.05) is 12.1 Å². The zero-order valence-electron chi connectivity index (χ0n) is 19.8. The molecule has 0 saturated carbocycles. The predicted octanol–water partition coefficient (Wildman–Crippen LogP) is 3.38. The SMILES string of the molecule is O=C(Nc1ccc(C(=O)c2ccc(NC(=O)c3c[nH]nn3)cc2)cc1)c1ccc(N2CCOCC2)cc1. The average Bonchev–Trinajstić information content (AvgIpc) is 3.50. The van der Waals surface area contributed by atoms with Crippen LogP contribution in [-0.2, 0) is 4.74 Å². The number of amides is 2. The normalized spacial score (nSPS) is 13.1. The lowest BCUT2D eigenvalue weighted by Gasteiger charge is -2.28.